The van der Waals surface area contributed by atoms with Crippen molar-refractivity contribution >= 4 is 23.2 Å². The molecule has 1 rings (SSSR count). The predicted octanol–water partition coefficient (Wildman–Crippen LogP) is 3.84. The zero-order chi connectivity index (χ0) is 12.8. The second-order valence-electron chi connectivity index (χ2n) is 3.67. The van der Waals surface area contributed by atoms with Crippen LogP contribution < -0.4 is 4.74 Å². The maximum atomic E-state index is 13.6. The summed E-state index contributed by atoms with van der Waals surface area (Å²) in [5.41, 5.74) is 0.334. The van der Waals surface area contributed by atoms with Crippen molar-refractivity contribution in [3.8, 4) is 5.75 Å². The van der Waals surface area contributed by atoms with E-state index in [-0.39, 0.29) is 5.75 Å². The van der Waals surface area contributed by atoms with Crippen molar-refractivity contribution in [2.24, 2.45) is 0 Å². The van der Waals surface area contributed by atoms with Crippen LogP contribution in [0.4, 0.5) is 4.39 Å². The minimum Gasteiger partial charge on any atom is -0.491 e. The summed E-state index contributed by atoms with van der Waals surface area (Å²) in [7, 11) is 0. The Morgan fingerprint density at radius 3 is 2.65 bits per heavy atom. The van der Waals surface area contributed by atoms with Gasteiger partial charge in [-0.25, -0.2) is 4.39 Å². The Morgan fingerprint density at radius 2 is 2.12 bits per heavy atom. The molecule has 0 fully saturated rings. The molecular formula is C12H15Cl2FO2. The van der Waals surface area contributed by atoms with E-state index in [1.165, 1.54) is 12.1 Å². The van der Waals surface area contributed by atoms with Crippen LogP contribution in [-0.2, 0) is 0 Å². The quantitative estimate of drug-likeness (QED) is 0.634. The third-order valence-electron chi connectivity index (χ3n) is 2.29. The first-order valence-electron chi connectivity index (χ1n) is 5.44. The van der Waals surface area contributed by atoms with E-state index in [0.29, 0.717) is 12.2 Å². The van der Waals surface area contributed by atoms with Crippen molar-refractivity contribution in [1.29, 1.82) is 0 Å². The van der Waals surface area contributed by atoms with Gasteiger partial charge >= 0.3 is 0 Å². The van der Waals surface area contributed by atoms with Crippen molar-refractivity contribution < 1.29 is 14.2 Å². The van der Waals surface area contributed by atoms with Crippen molar-refractivity contribution in [1.82, 2.24) is 0 Å². The zero-order valence-electron chi connectivity index (χ0n) is 9.50. The number of aliphatic hydroxyl groups excluding tert-OH is 1. The van der Waals surface area contributed by atoms with E-state index in [2.05, 4.69) is 0 Å². The van der Waals surface area contributed by atoms with Gasteiger partial charge in [0, 0.05) is 0 Å². The van der Waals surface area contributed by atoms with Gasteiger partial charge in [0.05, 0.1) is 6.61 Å². The fraction of sp³-hybridized carbons (Fsp3) is 0.500. The molecule has 0 aliphatic heterocycles. The van der Waals surface area contributed by atoms with Gasteiger partial charge in [-0.05, 0) is 24.1 Å². The summed E-state index contributed by atoms with van der Waals surface area (Å²) in [6.07, 6.45) is 0.755. The Hall–Kier alpha value is -0.510. The lowest BCUT2D eigenvalue weighted by atomic mass is 10.1. The largest absolute Gasteiger partial charge is 0.491 e. The molecule has 1 N–H and O–H groups in total. The number of hydrogen-bond donors (Lipinski definition) is 1. The van der Waals surface area contributed by atoms with Crippen LogP contribution in [0.3, 0.4) is 0 Å². The van der Waals surface area contributed by atoms with Crippen LogP contribution in [0, 0.1) is 5.82 Å². The van der Waals surface area contributed by atoms with Crippen molar-refractivity contribution in [2.75, 3.05) is 6.61 Å². The highest BCUT2D eigenvalue weighted by atomic mass is 35.5. The number of halogens is 3. The maximum absolute atomic E-state index is 13.6. The molecule has 0 saturated heterocycles. The normalized spacial score (nSPS) is 12.8. The Bertz CT molecular complexity index is 358. The van der Waals surface area contributed by atoms with Crippen LogP contribution in [0.15, 0.2) is 18.2 Å². The third kappa shape index (κ3) is 4.34. The van der Waals surface area contributed by atoms with E-state index >= 15 is 0 Å². The third-order valence-corrected chi connectivity index (χ3v) is 2.77. The molecule has 1 unspecified atom stereocenters. The van der Waals surface area contributed by atoms with Gasteiger partial charge in [-0.15, -0.1) is 23.2 Å². The monoisotopic (exact) mass is 280 g/mol. The average molecular weight is 281 g/mol. The highest BCUT2D eigenvalue weighted by molar-refractivity contribution is 6.44. The molecule has 0 spiro atoms. The SMILES string of the molecule is CCCCOc1ccc(C(O)C(Cl)Cl)cc1F. The summed E-state index contributed by atoms with van der Waals surface area (Å²) in [6, 6.07) is 4.20. The molecule has 0 aliphatic rings. The Morgan fingerprint density at radius 1 is 1.41 bits per heavy atom. The second kappa shape index (κ2) is 7.04. The maximum Gasteiger partial charge on any atom is 0.165 e. The molecular weight excluding hydrogens is 266 g/mol. The first-order valence-corrected chi connectivity index (χ1v) is 6.32. The molecule has 1 aromatic rings. The number of benzene rings is 1. The Balaban J connectivity index is 2.72. The molecule has 2 nitrogen and oxygen atoms in total. The topological polar surface area (TPSA) is 29.5 Å². The van der Waals surface area contributed by atoms with Gasteiger partial charge in [0.15, 0.2) is 11.6 Å². The van der Waals surface area contributed by atoms with Crippen LogP contribution >= 0.6 is 23.2 Å². The lowest BCUT2D eigenvalue weighted by molar-refractivity contribution is 0.192. The van der Waals surface area contributed by atoms with Crippen molar-refractivity contribution in [3.05, 3.63) is 29.6 Å². The second-order valence-corrected chi connectivity index (χ2v) is 4.83. The standard InChI is InChI=1S/C12H15Cl2FO2/c1-2-3-6-17-10-5-4-8(7-9(10)15)11(16)12(13)14/h4-5,7,11-12,16H,2-3,6H2,1H3. The summed E-state index contributed by atoms with van der Waals surface area (Å²) in [5.74, 6) is -0.346. The van der Waals surface area contributed by atoms with Crippen LogP contribution in [0.25, 0.3) is 0 Å². The van der Waals surface area contributed by atoms with Gasteiger partial charge in [-0.2, -0.15) is 0 Å². The molecule has 5 heteroatoms. The molecule has 1 aromatic carbocycles. The van der Waals surface area contributed by atoms with Crippen molar-refractivity contribution in [3.63, 3.8) is 0 Å². The molecule has 0 aliphatic carbocycles. The van der Waals surface area contributed by atoms with E-state index in [1.807, 2.05) is 6.92 Å². The lowest BCUT2D eigenvalue weighted by Gasteiger charge is -2.13. The van der Waals surface area contributed by atoms with Crippen molar-refractivity contribution in [2.45, 2.75) is 30.7 Å². The molecule has 0 radical (unpaired) electrons. The molecule has 96 valence electrons. The average Bonchev–Trinajstić information content (AvgIpc) is 2.30. The minimum absolute atomic E-state index is 0.176. The first-order chi connectivity index (χ1) is 8.06. The summed E-state index contributed by atoms with van der Waals surface area (Å²) in [6.45, 7) is 2.50. The fourth-order valence-electron chi connectivity index (χ4n) is 1.29. The number of ether oxygens (including phenoxy) is 1. The number of aliphatic hydroxyl groups is 1. The summed E-state index contributed by atoms with van der Waals surface area (Å²) < 4.78 is 18.8. The Labute approximate surface area is 110 Å². The molecule has 0 amide bonds. The predicted molar refractivity (Wildman–Crippen MR) is 67.3 cm³/mol. The summed E-state index contributed by atoms with van der Waals surface area (Å²) in [5, 5.41) is 9.56. The van der Waals surface area contributed by atoms with Crippen LogP contribution in [0.2, 0.25) is 0 Å². The van der Waals surface area contributed by atoms with E-state index in [9.17, 15) is 9.50 Å². The van der Waals surface area contributed by atoms with Gasteiger partial charge in [0.1, 0.15) is 10.9 Å². The van der Waals surface area contributed by atoms with Gasteiger partial charge in [-0.3, -0.25) is 0 Å². The van der Waals surface area contributed by atoms with E-state index in [1.54, 1.807) is 6.07 Å². The lowest BCUT2D eigenvalue weighted by Crippen LogP contribution is -2.07. The zero-order valence-corrected chi connectivity index (χ0v) is 11.0. The van der Waals surface area contributed by atoms with Crippen LogP contribution in [-0.4, -0.2) is 16.5 Å². The van der Waals surface area contributed by atoms with Gasteiger partial charge in [0.25, 0.3) is 0 Å². The number of unbranched alkanes of at least 4 members (excludes halogenated alkanes) is 1. The molecule has 0 heterocycles. The number of alkyl halides is 2. The summed E-state index contributed by atoms with van der Waals surface area (Å²) >= 11 is 11.0. The highest BCUT2D eigenvalue weighted by Gasteiger charge is 2.17. The highest BCUT2D eigenvalue weighted by Crippen LogP contribution is 2.27. The minimum atomic E-state index is -1.10. The van der Waals surface area contributed by atoms with Gasteiger partial charge in [-0.1, -0.05) is 19.4 Å². The van der Waals surface area contributed by atoms with E-state index in [0.717, 1.165) is 12.8 Å². The first kappa shape index (κ1) is 14.6. The Kier molecular flexibility index (Phi) is 6.03. The fourth-order valence-corrected chi connectivity index (χ4v) is 1.58. The summed E-state index contributed by atoms with van der Waals surface area (Å²) in [4.78, 5) is -0.985. The molecule has 0 saturated carbocycles. The van der Waals surface area contributed by atoms with E-state index in [4.69, 9.17) is 27.9 Å². The molecule has 1 atom stereocenters. The molecule has 0 bridgehead atoms. The number of hydrogen-bond acceptors (Lipinski definition) is 2. The van der Waals surface area contributed by atoms with Gasteiger partial charge in [0.2, 0.25) is 0 Å². The van der Waals surface area contributed by atoms with E-state index < -0.39 is 16.8 Å². The van der Waals surface area contributed by atoms with Crippen LogP contribution in [0.1, 0.15) is 31.4 Å². The molecule has 17 heavy (non-hydrogen) atoms. The van der Waals surface area contributed by atoms with Gasteiger partial charge < -0.3 is 9.84 Å². The smallest absolute Gasteiger partial charge is 0.165 e. The number of rotatable bonds is 6. The molecule has 0 aromatic heterocycles. The van der Waals surface area contributed by atoms with Crippen LogP contribution in [0.5, 0.6) is 5.75 Å².